The van der Waals surface area contributed by atoms with Crippen molar-refractivity contribution in [1.29, 1.82) is 0 Å². The summed E-state index contributed by atoms with van der Waals surface area (Å²) in [5.74, 6) is -1.44. The van der Waals surface area contributed by atoms with E-state index in [-0.39, 0.29) is 47.3 Å². The van der Waals surface area contributed by atoms with Gasteiger partial charge in [0, 0.05) is 0 Å². The normalized spacial score (nSPS) is 27.6. The molecule has 8 heteroatoms. The maximum Gasteiger partial charge on any atom is 0.243 e. The average molecular weight is 453 g/mol. The fourth-order valence-electron chi connectivity index (χ4n) is 3.84. The van der Waals surface area contributed by atoms with Crippen molar-refractivity contribution in [3.8, 4) is 0 Å². The molecular formula is C24H44N4O4. The minimum Gasteiger partial charge on any atom is -0.343 e. The van der Waals surface area contributed by atoms with Crippen molar-refractivity contribution < 1.29 is 19.2 Å². The Balaban J connectivity index is 3.41. The molecule has 0 aromatic carbocycles. The van der Waals surface area contributed by atoms with Crippen LogP contribution < -0.4 is 21.3 Å². The van der Waals surface area contributed by atoms with E-state index in [1.807, 2.05) is 55.4 Å². The molecule has 8 nitrogen and oxygen atoms in total. The van der Waals surface area contributed by atoms with Crippen molar-refractivity contribution in [3.63, 3.8) is 0 Å². The van der Waals surface area contributed by atoms with Gasteiger partial charge in [-0.1, -0.05) is 68.2 Å². The first-order valence-electron chi connectivity index (χ1n) is 12.1. The van der Waals surface area contributed by atoms with Gasteiger partial charge in [-0.15, -0.1) is 0 Å². The molecule has 0 spiro atoms. The number of nitrogens with one attached hydrogen (secondary N) is 4. The lowest BCUT2D eigenvalue weighted by atomic mass is 9.93. The first-order valence-corrected chi connectivity index (χ1v) is 12.1. The van der Waals surface area contributed by atoms with E-state index in [0.717, 1.165) is 0 Å². The largest absolute Gasteiger partial charge is 0.343 e. The topological polar surface area (TPSA) is 116 Å². The molecule has 0 aromatic heterocycles. The van der Waals surface area contributed by atoms with Gasteiger partial charge in [0.05, 0.1) is 0 Å². The van der Waals surface area contributed by atoms with E-state index in [1.165, 1.54) is 0 Å². The van der Waals surface area contributed by atoms with Crippen LogP contribution in [0.15, 0.2) is 0 Å². The van der Waals surface area contributed by atoms with Crippen LogP contribution in [-0.4, -0.2) is 47.8 Å². The minimum absolute atomic E-state index is 0.132. The van der Waals surface area contributed by atoms with Gasteiger partial charge in [-0.2, -0.15) is 0 Å². The maximum absolute atomic E-state index is 13.2. The Morgan fingerprint density at radius 1 is 0.562 bits per heavy atom. The molecule has 1 aliphatic heterocycles. The highest BCUT2D eigenvalue weighted by molar-refractivity contribution is 5.97. The van der Waals surface area contributed by atoms with Crippen LogP contribution in [0.4, 0.5) is 0 Å². The van der Waals surface area contributed by atoms with Crippen molar-refractivity contribution >= 4 is 23.6 Å². The van der Waals surface area contributed by atoms with Crippen LogP contribution in [0.5, 0.6) is 0 Å². The van der Waals surface area contributed by atoms with Crippen LogP contribution in [0.2, 0.25) is 0 Å². The zero-order valence-electron chi connectivity index (χ0n) is 21.1. The Kier molecular flexibility index (Phi) is 11.2. The Hall–Kier alpha value is -2.12. The molecule has 1 rings (SSSR count). The summed E-state index contributed by atoms with van der Waals surface area (Å²) in [5.41, 5.74) is 0. The van der Waals surface area contributed by atoms with Gasteiger partial charge >= 0.3 is 0 Å². The molecule has 6 atom stereocenters. The average Bonchev–Trinajstić information content (AvgIpc) is 2.71. The van der Waals surface area contributed by atoms with E-state index in [1.54, 1.807) is 0 Å². The van der Waals surface area contributed by atoms with Gasteiger partial charge in [-0.3, -0.25) is 19.2 Å². The predicted molar refractivity (Wildman–Crippen MR) is 126 cm³/mol. The molecule has 0 aliphatic carbocycles. The van der Waals surface area contributed by atoms with Gasteiger partial charge < -0.3 is 21.3 Å². The standard InChI is InChI=1S/C24H44N4O4/c1-9-15(7)19-23(31)25-18(12-14(5)6)22(30)28-20(16(8)10-2)24(32)26-17(11-13(3)4)21(29)27-19/h13-20H,9-12H2,1-8H3,(H,25,31)(H,26,32)(H,27,29)(H,28,30). The molecule has 1 aliphatic rings. The summed E-state index contributed by atoms with van der Waals surface area (Å²) < 4.78 is 0. The van der Waals surface area contributed by atoms with Crippen LogP contribution in [0.3, 0.4) is 0 Å². The second-order valence-electron chi connectivity index (χ2n) is 10.1. The summed E-state index contributed by atoms with van der Waals surface area (Å²) in [7, 11) is 0. The number of hydrogen-bond donors (Lipinski definition) is 4. The van der Waals surface area contributed by atoms with Crippen molar-refractivity contribution in [2.24, 2.45) is 23.7 Å². The van der Waals surface area contributed by atoms with Crippen LogP contribution >= 0.6 is 0 Å². The number of amides is 4. The van der Waals surface area contributed by atoms with Crippen LogP contribution in [0, 0.1) is 23.7 Å². The SMILES string of the molecule is CCC(C)C1NC(=O)C(CC(C)C)NC(=O)C(C(C)CC)NC(=O)C(CC(C)C)NC1=O. The summed E-state index contributed by atoms with van der Waals surface area (Å²) in [5, 5.41) is 11.4. The van der Waals surface area contributed by atoms with Crippen molar-refractivity contribution in [3.05, 3.63) is 0 Å². The second kappa shape index (κ2) is 12.8. The summed E-state index contributed by atoms with van der Waals surface area (Å²) in [4.78, 5) is 52.7. The van der Waals surface area contributed by atoms with E-state index >= 15 is 0 Å². The number of carbonyl (C=O) groups excluding carboxylic acids is 4. The third-order valence-corrected chi connectivity index (χ3v) is 6.27. The van der Waals surface area contributed by atoms with Crippen molar-refractivity contribution in [2.75, 3.05) is 0 Å². The van der Waals surface area contributed by atoms with Gasteiger partial charge in [-0.25, -0.2) is 0 Å². The summed E-state index contributed by atoms with van der Waals surface area (Å²) in [6.07, 6.45) is 2.22. The lowest BCUT2D eigenvalue weighted by Crippen LogP contribution is -2.63. The lowest BCUT2D eigenvalue weighted by molar-refractivity contribution is -0.138. The molecule has 6 unspecified atom stereocenters. The van der Waals surface area contributed by atoms with E-state index in [4.69, 9.17) is 0 Å². The number of carbonyl (C=O) groups is 4. The third kappa shape index (κ3) is 8.10. The van der Waals surface area contributed by atoms with E-state index in [2.05, 4.69) is 21.3 Å². The van der Waals surface area contributed by atoms with Crippen molar-refractivity contribution in [1.82, 2.24) is 21.3 Å². The highest BCUT2D eigenvalue weighted by atomic mass is 16.2. The molecule has 4 N–H and O–H groups in total. The molecule has 1 heterocycles. The molecule has 32 heavy (non-hydrogen) atoms. The molecule has 0 radical (unpaired) electrons. The van der Waals surface area contributed by atoms with Crippen molar-refractivity contribution in [2.45, 2.75) is 105 Å². The molecule has 1 fully saturated rings. The van der Waals surface area contributed by atoms with E-state index < -0.39 is 24.2 Å². The fourth-order valence-corrected chi connectivity index (χ4v) is 3.84. The minimum atomic E-state index is -0.786. The van der Waals surface area contributed by atoms with Gasteiger partial charge in [0.1, 0.15) is 24.2 Å². The molecule has 4 amide bonds. The molecule has 0 aromatic rings. The third-order valence-electron chi connectivity index (χ3n) is 6.27. The summed E-state index contributed by atoms with van der Waals surface area (Å²) in [6, 6.07) is -3.13. The maximum atomic E-state index is 13.2. The molecule has 1 saturated heterocycles. The molecule has 0 bridgehead atoms. The molecule has 0 saturated carbocycles. The fraction of sp³-hybridized carbons (Fsp3) is 0.833. The van der Waals surface area contributed by atoms with E-state index in [0.29, 0.717) is 25.7 Å². The Morgan fingerprint density at radius 2 is 0.875 bits per heavy atom. The van der Waals surface area contributed by atoms with Crippen LogP contribution in [0.25, 0.3) is 0 Å². The Labute approximate surface area is 193 Å². The highest BCUT2D eigenvalue weighted by Gasteiger charge is 2.37. The second-order valence-corrected chi connectivity index (χ2v) is 10.1. The summed E-state index contributed by atoms with van der Waals surface area (Å²) >= 11 is 0. The van der Waals surface area contributed by atoms with Gasteiger partial charge in [-0.05, 0) is 36.5 Å². The number of rotatable bonds is 8. The smallest absolute Gasteiger partial charge is 0.243 e. The zero-order valence-corrected chi connectivity index (χ0v) is 21.1. The quantitative estimate of drug-likeness (QED) is 0.451. The van der Waals surface area contributed by atoms with Gasteiger partial charge in [0.2, 0.25) is 23.6 Å². The lowest BCUT2D eigenvalue weighted by Gasteiger charge is -2.33. The number of hydrogen-bond acceptors (Lipinski definition) is 4. The Morgan fingerprint density at radius 3 is 1.12 bits per heavy atom. The monoisotopic (exact) mass is 452 g/mol. The van der Waals surface area contributed by atoms with Gasteiger partial charge in [0.15, 0.2) is 0 Å². The molecular weight excluding hydrogens is 408 g/mol. The first kappa shape index (κ1) is 27.9. The first-order chi connectivity index (χ1) is 14.9. The van der Waals surface area contributed by atoms with Crippen LogP contribution in [-0.2, 0) is 19.2 Å². The zero-order chi connectivity index (χ0) is 24.6. The highest BCUT2D eigenvalue weighted by Crippen LogP contribution is 2.15. The summed E-state index contributed by atoms with van der Waals surface area (Å²) in [6.45, 7) is 15.6. The van der Waals surface area contributed by atoms with Crippen LogP contribution in [0.1, 0.15) is 81.1 Å². The predicted octanol–water partition coefficient (Wildman–Crippen LogP) is 2.12. The van der Waals surface area contributed by atoms with E-state index in [9.17, 15) is 19.2 Å². The molecule has 184 valence electrons. The Bertz CT molecular complexity index is 608. The van der Waals surface area contributed by atoms with Gasteiger partial charge in [0.25, 0.3) is 0 Å².